The maximum Gasteiger partial charge on any atom is 0.0608 e. The summed E-state index contributed by atoms with van der Waals surface area (Å²) in [6, 6.07) is 14.9. The zero-order valence-electron chi connectivity index (χ0n) is 13.2. The van der Waals surface area contributed by atoms with Gasteiger partial charge in [0.05, 0.1) is 6.61 Å². The molecule has 0 saturated carbocycles. The molecule has 1 aromatic carbocycles. The lowest BCUT2D eigenvalue weighted by molar-refractivity contribution is 0.201. The van der Waals surface area contributed by atoms with Gasteiger partial charge in [-0.1, -0.05) is 36.4 Å². The van der Waals surface area contributed by atoms with E-state index in [0.717, 1.165) is 25.7 Å². The molecular formula is C19H25NOS. The highest BCUT2D eigenvalue weighted by Gasteiger charge is 2.16. The second kappa shape index (κ2) is 8.28. The van der Waals surface area contributed by atoms with Gasteiger partial charge in [-0.25, -0.2) is 0 Å². The number of nitrogens with two attached hydrogens (primary N) is 1. The molecule has 0 saturated heterocycles. The van der Waals surface area contributed by atoms with Crippen LogP contribution in [0.1, 0.15) is 35.1 Å². The Morgan fingerprint density at radius 3 is 2.64 bits per heavy atom. The van der Waals surface area contributed by atoms with E-state index in [1.807, 2.05) is 6.92 Å². The summed E-state index contributed by atoms with van der Waals surface area (Å²) in [5, 5.41) is 9.18. The maximum absolute atomic E-state index is 9.18. The number of hydrogen-bond donors (Lipinski definition) is 2. The molecule has 1 unspecified atom stereocenters. The van der Waals surface area contributed by atoms with Crippen LogP contribution in [-0.4, -0.2) is 17.3 Å². The van der Waals surface area contributed by atoms with Crippen molar-refractivity contribution in [1.29, 1.82) is 0 Å². The summed E-state index contributed by atoms with van der Waals surface area (Å²) in [6.07, 6.45) is 8.31. The number of benzene rings is 1. The monoisotopic (exact) mass is 315 g/mol. The van der Waals surface area contributed by atoms with Gasteiger partial charge in [-0.05, 0) is 56.4 Å². The van der Waals surface area contributed by atoms with Crippen LogP contribution in [0.5, 0.6) is 0 Å². The van der Waals surface area contributed by atoms with E-state index in [2.05, 4.69) is 54.6 Å². The Bertz CT molecular complexity index is 586. The van der Waals surface area contributed by atoms with E-state index in [1.54, 1.807) is 11.3 Å². The van der Waals surface area contributed by atoms with Crippen molar-refractivity contribution in [1.82, 2.24) is 0 Å². The van der Waals surface area contributed by atoms with Crippen molar-refractivity contribution in [3.8, 4) is 0 Å². The fraction of sp³-hybridized carbons (Fsp3) is 0.368. The first-order chi connectivity index (χ1) is 10.6. The van der Waals surface area contributed by atoms with Gasteiger partial charge in [-0.15, -0.1) is 11.3 Å². The van der Waals surface area contributed by atoms with E-state index < -0.39 is 5.54 Å². The molecule has 0 aliphatic carbocycles. The van der Waals surface area contributed by atoms with Gasteiger partial charge in [0.2, 0.25) is 0 Å². The van der Waals surface area contributed by atoms with E-state index in [4.69, 9.17) is 5.73 Å². The first-order valence-electron chi connectivity index (χ1n) is 7.78. The van der Waals surface area contributed by atoms with Crippen LogP contribution >= 0.6 is 11.3 Å². The van der Waals surface area contributed by atoms with Crippen molar-refractivity contribution in [2.24, 2.45) is 5.73 Å². The SMILES string of the molecule is CC(N)(CO)CCc1ccc(C=CCCc2ccccc2)s1. The minimum Gasteiger partial charge on any atom is -0.394 e. The lowest BCUT2D eigenvalue weighted by Crippen LogP contribution is -2.40. The highest BCUT2D eigenvalue weighted by Crippen LogP contribution is 2.21. The fourth-order valence-corrected chi connectivity index (χ4v) is 3.14. The number of aliphatic hydroxyl groups excluding tert-OH is 1. The highest BCUT2D eigenvalue weighted by molar-refractivity contribution is 7.12. The third-order valence-electron chi connectivity index (χ3n) is 3.71. The minimum absolute atomic E-state index is 0.0324. The molecule has 3 N–H and O–H groups in total. The molecule has 1 aromatic heterocycles. The number of aliphatic hydroxyl groups is 1. The van der Waals surface area contributed by atoms with Crippen LogP contribution < -0.4 is 5.73 Å². The third-order valence-corrected chi connectivity index (χ3v) is 4.82. The topological polar surface area (TPSA) is 46.2 Å². The average molecular weight is 315 g/mol. The summed E-state index contributed by atoms with van der Waals surface area (Å²) in [4.78, 5) is 2.61. The number of allylic oxidation sites excluding steroid dienone is 1. The Hall–Kier alpha value is -1.42. The molecule has 118 valence electrons. The molecule has 2 rings (SSSR count). The van der Waals surface area contributed by atoms with Crippen LogP contribution in [0.25, 0.3) is 6.08 Å². The summed E-state index contributed by atoms with van der Waals surface area (Å²) in [6.45, 7) is 1.93. The Balaban J connectivity index is 1.78. The molecule has 0 bridgehead atoms. The molecule has 0 amide bonds. The molecule has 1 heterocycles. The van der Waals surface area contributed by atoms with Crippen LogP contribution in [-0.2, 0) is 12.8 Å². The first-order valence-corrected chi connectivity index (χ1v) is 8.60. The summed E-state index contributed by atoms with van der Waals surface area (Å²) in [7, 11) is 0. The molecule has 0 aliphatic rings. The van der Waals surface area contributed by atoms with E-state index in [0.29, 0.717) is 0 Å². The van der Waals surface area contributed by atoms with Crippen molar-refractivity contribution in [3.05, 3.63) is 63.9 Å². The molecule has 0 radical (unpaired) electrons. The van der Waals surface area contributed by atoms with Crippen LogP contribution in [0.2, 0.25) is 0 Å². The molecule has 2 nitrogen and oxygen atoms in total. The largest absolute Gasteiger partial charge is 0.394 e. The van der Waals surface area contributed by atoms with Crippen molar-refractivity contribution in [2.75, 3.05) is 6.61 Å². The van der Waals surface area contributed by atoms with Gasteiger partial charge in [0.1, 0.15) is 0 Å². The van der Waals surface area contributed by atoms with Gasteiger partial charge in [0.15, 0.2) is 0 Å². The number of hydrogen-bond acceptors (Lipinski definition) is 3. The molecule has 22 heavy (non-hydrogen) atoms. The minimum atomic E-state index is -0.477. The Morgan fingerprint density at radius 1 is 1.14 bits per heavy atom. The van der Waals surface area contributed by atoms with E-state index in [1.165, 1.54) is 15.3 Å². The average Bonchev–Trinajstić information content (AvgIpc) is 2.99. The zero-order chi connectivity index (χ0) is 15.8. The van der Waals surface area contributed by atoms with Gasteiger partial charge in [0.25, 0.3) is 0 Å². The number of aryl methyl sites for hydroxylation is 2. The molecular weight excluding hydrogens is 290 g/mol. The molecule has 1 atom stereocenters. The van der Waals surface area contributed by atoms with Gasteiger partial charge in [-0.2, -0.15) is 0 Å². The molecule has 0 aliphatic heterocycles. The summed E-state index contributed by atoms with van der Waals surface area (Å²) in [5.74, 6) is 0. The van der Waals surface area contributed by atoms with Gasteiger partial charge in [-0.3, -0.25) is 0 Å². The van der Waals surface area contributed by atoms with Crippen molar-refractivity contribution in [3.63, 3.8) is 0 Å². The quantitative estimate of drug-likeness (QED) is 0.772. The standard InChI is InChI=1S/C19H25NOS/c1-19(20,15-21)14-13-18-12-11-17(22-18)10-6-5-9-16-7-3-2-4-8-16/h2-4,6-8,10-12,21H,5,9,13-15,20H2,1H3. The summed E-state index contributed by atoms with van der Waals surface area (Å²) >= 11 is 1.81. The molecule has 0 fully saturated rings. The van der Waals surface area contributed by atoms with Crippen LogP contribution in [0, 0.1) is 0 Å². The normalized spacial score (nSPS) is 14.3. The Kier molecular flexibility index (Phi) is 6.37. The summed E-state index contributed by atoms with van der Waals surface area (Å²) < 4.78 is 0. The van der Waals surface area contributed by atoms with E-state index >= 15 is 0 Å². The lowest BCUT2D eigenvalue weighted by Gasteiger charge is -2.20. The predicted molar refractivity (Wildman–Crippen MR) is 96.1 cm³/mol. The summed E-state index contributed by atoms with van der Waals surface area (Å²) in [5.41, 5.74) is 6.87. The van der Waals surface area contributed by atoms with Crippen LogP contribution in [0.4, 0.5) is 0 Å². The highest BCUT2D eigenvalue weighted by atomic mass is 32.1. The van der Waals surface area contributed by atoms with Crippen molar-refractivity contribution in [2.45, 2.75) is 38.1 Å². The molecule has 0 spiro atoms. The van der Waals surface area contributed by atoms with E-state index in [-0.39, 0.29) is 6.61 Å². The van der Waals surface area contributed by atoms with E-state index in [9.17, 15) is 5.11 Å². The van der Waals surface area contributed by atoms with Gasteiger partial charge >= 0.3 is 0 Å². The number of thiophene rings is 1. The molecule has 3 heteroatoms. The van der Waals surface area contributed by atoms with Crippen LogP contribution in [0.15, 0.2) is 48.5 Å². The Labute approximate surface area is 137 Å². The fourth-order valence-electron chi connectivity index (χ4n) is 2.20. The van der Waals surface area contributed by atoms with Crippen molar-refractivity contribution < 1.29 is 5.11 Å². The van der Waals surface area contributed by atoms with Gasteiger partial charge < -0.3 is 10.8 Å². The molecule has 2 aromatic rings. The van der Waals surface area contributed by atoms with Gasteiger partial charge in [0, 0.05) is 15.3 Å². The first kappa shape index (κ1) is 16.9. The van der Waals surface area contributed by atoms with Crippen LogP contribution in [0.3, 0.4) is 0 Å². The number of rotatable bonds is 8. The zero-order valence-corrected chi connectivity index (χ0v) is 14.0. The second-order valence-corrected chi connectivity index (χ2v) is 7.24. The lowest BCUT2D eigenvalue weighted by atomic mass is 9.98. The predicted octanol–water partition coefficient (Wildman–Crippen LogP) is 4.04. The smallest absolute Gasteiger partial charge is 0.0608 e. The third kappa shape index (κ3) is 5.76. The van der Waals surface area contributed by atoms with Crippen molar-refractivity contribution >= 4 is 17.4 Å². The Morgan fingerprint density at radius 2 is 1.91 bits per heavy atom. The second-order valence-electron chi connectivity index (χ2n) is 6.04. The maximum atomic E-state index is 9.18.